The van der Waals surface area contributed by atoms with E-state index in [1.54, 1.807) is 36.4 Å². The molecule has 3 rings (SSSR count). The van der Waals surface area contributed by atoms with Crippen molar-refractivity contribution in [2.24, 2.45) is 0 Å². The van der Waals surface area contributed by atoms with E-state index in [1.165, 1.54) is 23.5 Å². The molecule has 132 valence electrons. The van der Waals surface area contributed by atoms with Crippen molar-refractivity contribution in [2.45, 2.75) is 17.4 Å². The van der Waals surface area contributed by atoms with Crippen LogP contribution in [0.25, 0.3) is 0 Å². The Morgan fingerprint density at radius 3 is 2.60 bits per heavy atom. The minimum Gasteiger partial charge on any atom is -0.348 e. The zero-order valence-electron chi connectivity index (χ0n) is 14.0. The first-order valence-corrected chi connectivity index (χ1v) is 9.58. The lowest BCUT2D eigenvalue weighted by Gasteiger charge is -2.20. The number of amides is 1. The van der Waals surface area contributed by atoms with E-state index in [-0.39, 0.29) is 16.8 Å². The van der Waals surface area contributed by atoms with Gasteiger partial charge >= 0.3 is 0 Å². The maximum atomic E-state index is 12.8. The van der Waals surface area contributed by atoms with Gasteiger partial charge in [-0.3, -0.25) is 9.10 Å². The lowest BCUT2D eigenvalue weighted by molar-refractivity contribution is 0.0940. The van der Waals surface area contributed by atoms with E-state index in [4.69, 9.17) is 0 Å². The van der Waals surface area contributed by atoms with E-state index in [0.29, 0.717) is 11.3 Å². The first-order chi connectivity index (χ1) is 12.0. The molecular weight excluding hydrogens is 338 g/mol. The predicted molar refractivity (Wildman–Crippen MR) is 97.2 cm³/mol. The highest BCUT2D eigenvalue weighted by Crippen LogP contribution is 2.22. The zero-order valence-corrected chi connectivity index (χ0v) is 14.8. The van der Waals surface area contributed by atoms with E-state index in [2.05, 4.69) is 10.6 Å². The average Bonchev–Trinajstić information content (AvgIpc) is 3.15. The minimum atomic E-state index is -3.73. The Labute approximate surface area is 147 Å². The molecule has 1 atom stereocenters. The van der Waals surface area contributed by atoms with Gasteiger partial charge in [0.2, 0.25) is 0 Å². The van der Waals surface area contributed by atoms with Crippen molar-refractivity contribution < 1.29 is 13.2 Å². The van der Waals surface area contributed by atoms with Crippen molar-refractivity contribution in [3.63, 3.8) is 0 Å². The number of nitrogens with one attached hydrogen (secondary N) is 2. The SMILES string of the molecule is CN(c1ccccc1)S(=O)(=O)c1cccc(C(=O)NC2CCNC2)c1. The van der Waals surface area contributed by atoms with Gasteiger partial charge in [-0.15, -0.1) is 0 Å². The molecule has 7 heteroatoms. The second-order valence-electron chi connectivity index (χ2n) is 6.00. The average molecular weight is 359 g/mol. The Bertz CT molecular complexity index is 847. The van der Waals surface area contributed by atoms with Crippen molar-refractivity contribution in [1.82, 2.24) is 10.6 Å². The van der Waals surface area contributed by atoms with Gasteiger partial charge < -0.3 is 10.6 Å². The monoisotopic (exact) mass is 359 g/mol. The first kappa shape index (κ1) is 17.4. The number of benzene rings is 2. The molecule has 0 bridgehead atoms. The van der Waals surface area contributed by atoms with Gasteiger partial charge in [0.1, 0.15) is 0 Å². The molecule has 2 aromatic carbocycles. The van der Waals surface area contributed by atoms with Crippen molar-refractivity contribution in [2.75, 3.05) is 24.4 Å². The zero-order chi connectivity index (χ0) is 17.9. The van der Waals surface area contributed by atoms with E-state index >= 15 is 0 Å². The lowest BCUT2D eigenvalue weighted by atomic mass is 10.2. The highest BCUT2D eigenvalue weighted by Gasteiger charge is 2.23. The van der Waals surface area contributed by atoms with Gasteiger partial charge in [0.25, 0.3) is 15.9 Å². The van der Waals surface area contributed by atoms with Gasteiger partial charge in [-0.1, -0.05) is 24.3 Å². The summed E-state index contributed by atoms with van der Waals surface area (Å²) in [5.74, 6) is -0.256. The molecule has 1 aliphatic heterocycles. The quantitative estimate of drug-likeness (QED) is 0.850. The van der Waals surface area contributed by atoms with Crippen LogP contribution in [-0.2, 0) is 10.0 Å². The summed E-state index contributed by atoms with van der Waals surface area (Å²) in [4.78, 5) is 12.5. The Morgan fingerprint density at radius 1 is 1.16 bits per heavy atom. The van der Waals surface area contributed by atoms with Crippen LogP contribution in [0.15, 0.2) is 59.5 Å². The third-order valence-corrected chi connectivity index (χ3v) is 6.05. The Hall–Kier alpha value is -2.38. The summed E-state index contributed by atoms with van der Waals surface area (Å²) in [6.07, 6.45) is 0.875. The lowest BCUT2D eigenvalue weighted by Crippen LogP contribution is -2.36. The molecule has 1 aliphatic rings. The van der Waals surface area contributed by atoms with Gasteiger partial charge in [0.15, 0.2) is 0 Å². The smallest absolute Gasteiger partial charge is 0.264 e. The third-order valence-electron chi connectivity index (χ3n) is 4.27. The van der Waals surface area contributed by atoms with Gasteiger partial charge in [-0.2, -0.15) is 0 Å². The Balaban J connectivity index is 1.83. The molecular formula is C18H21N3O3S. The van der Waals surface area contributed by atoms with Crippen LogP contribution in [0.5, 0.6) is 0 Å². The molecule has 0 spiro atoms. The molecule has 2 N–H and O–H groups in total. The second kappa shape index (κ2) is 7.25. The van der Waals surface area contributed by atoms with E-state index in [0.717, 1.165) is 19.5 Å². The van der Waals surface area contributed by atoms with Crippen molar-refractivity contribution >= 4 is 21.6 Å². The van der Waals surface area contributed by atoms with Crippen LogP contribution in [0.2, 0.25) is 0 Å². The number of hydrogen-bond donors (Lipinski definition) is 2. The van der Waals surface area contributed by atoms with E-state index in [9.17, 15) is 13.2 Å². The number of sulfonamides is 1. The molecule has 0 saturated carbocycles. The molecule has 25 heavy (non-hydrogen) atoms. The first-order valence-electron chi connectivity index (χ1n) is 8.14. The summed E-state index contributed by atoms with van der Waals surface area (Å²) in [5, 5.41) is 6.11. The fraction of sp³-hybridized carbons (Fsp3) is 0.278. The van der Waals surface area contributed by atoms with Crippen LogP contribution in [0, 0.1) is 0 Å². The van der Waals surface area contributed by atoms with Crippen molar-refractivity contribution in [3.05, 3.63) is 60.2 Å². The van der Waals surface area contributed by atoms with Gasteiger partial charge in [-0.25, -0.2) is 8.42 Å². The highest BCUT2D eigenvalue weighted by molar-refractivity contribution is 7.92. The van der Waals surface area contributed by atoms with Crippen LogP contribution >= 0.6 is 0 Å². The van der Waals surface area contributed by atoms with Crippen LogP contribution < -0.4 is 14.9 Å². The summed E-state index contributed by atoms with van der Waals surface area (Å²) in [6, 6.07) is 15.1. The molecule has 0 radical (unpaired) electrons. The molecule has 0 aromatic heterocycles. The fourth-order valence-corrected chi connectivity index (χ4v) is 4.02. The van der Waals surface area contributed by atoms with Gasteiger partial charge in [0.05, 0.1) is 10.6 Å². The van der Waals surface area contributed by atoms with E-state index < -0.39 is 10.0 Å². The summed E-state index contributed by atoms with van der Waals surface area (Å²) in [6.45, 7) is 1.61. The number of para-hydroxylation sites is 1. The van der Waals surface area contributed by atoms with Crippen LogP contribution in [0.1, 0.15) is 16.8 Å². The number of carbonyl (C=O) groups is 1. The molecule has 6 nitrogen and oxygen atoms in total. The van der Waals surface area contributed by atoms with Gasteiger partial charge in [-0.05, 0) is 43.3 Å². The Morgan fingerprint density at radius 2 is 1.92 bits per heavy atom. The second-order valence-corrected chi connectivity index (χ2v) is 7.97. The number of carbonyl (C=O) groups excluding carboxylic acids is 1. The maximum Gasteiger partial charge on any atom is 0.264 e. The maximum absolute atomic E-state index is 12.8. The highest BCUT2D eigenvalue weighted by atomic mass is 32.2. The van der Waals surface area contributed by atoms with Crippen LogP contribution in [0.4, 0.5) is 5.69 Å². The molecule has 1 amide bonds. The third kappa shape index (κ3) is 3.83. The summed E-state index contributed by atoms with van der Waals surface area (Å²) >= 11 is 0. The minimum absolute atomic E-state index is 0.0831. The summed E-state index contributed by atoms with van der Waals surface area (Å²) in [5.41, 5.74) is 0.906. The van der Waals surface area contributed by atoms with Crippen molar-refractivity contribution in [3.8, 4) is 0 Å². The Kier molecular flexibility index (Phi) is 5.06. The van der Waals surface area contributed by atoms with Crippen LogP contribution in [0.3, 0.4) is 0 Å². The summed E-state index contributed by atoms with van der Waals surface area (Å²) in [7, 11) is -2.23. The number of anilines is 1. The van der Waals surface area contributed by atoms with Gasteiger partial charge in [0, 0.05) is 25.2 Å². The molecule has 1 heterocycles. The van der Waals surface area contributed by atoms with E-state index in [1.807, 2.05) is 6.07 Å². The number of rotatable bonds is 5. The normalized spacial score (nSPS) is 17.2. The summed E-state index contributed by atoms with van der Waals surface area (Å²) < 4.78 is 26.9. The molecule has 0 aliphatic carbocycles. The topological polar surface area (TPSA) is 78.5 Å². The fourth-order valence-electron chi connectivity index (χ4n) is 2.78. The molecule has 1 saturated heterocycles. The standard InChI is InChI=1S/C18H21N3O3S/c1-21(16-7-3-2-4-8-16)25(23,24)17-9-5-6-14(12-17)18(22)20-15-10-11-19-13-15/h2-9,12,15,19H,10-11,13H2,1H3,(H,20,22). The predicted octanol–water partition coefficient (Wildman–Crippen LogP) is 1.60. The number of hydrogen-bond acceptors (Lipinski definition) is 4. The molecule has 1 unspecified atom stereocenters. The molecule has 1 fully saturated rings. The van der Waals surface area contributed by atoms with Crippen LogP contribution in [-0.4, -0.2) is 40.5 Å². The molecule has 2 aromatic rings. The number of nitrogens with zero attached hydrogens (tertiary/aromatic N) is 1. The van der Waals surface area contributed by atoms with Crippen molar-refractivity contribution in [1.29, 1.82) is 0 Å². The largest absolute Gasteiger partial charge is 0.348 e.